The second kappa shape index (κ2) is 2.96. The van der Waals surface area contributed by atoms with Gasteiger partial charge in [0, 0.05) is 30.4 Å². The van der Waals surface area contributed by atoms with Crippen LogP contribution in [0.4, 0.5) is 0 Å². The third kappa shape index (κ3) is 1.83. The van der Waals surface area contributed by atoms with Crippen molar-refractivity contribution >= 4 is 24.3 Å². The molecule has 0 aromatic heterocycles. The second-order valence-corrected chi connectivity index (χ2v) is 8.80. The summed E-state index contributed by atoms with van der Waals surface area (Å²) in [5.74, 6) is 0.365. The van der Waals surface area contributed by atoms with Crippen LogP contribution in [-0.2, 0) is 4.79 Å². The van der Waals surface area contributed by atoms with Gasteiger partial charge in [-0.2, -0.15) is 0 Å². The summed E-state index contributed by atoms with van der Waals surface area (Å²) in [7, 11) is -0.553. The Morgan fingerprint density at radius 2 is 1.50 bits per heavy atom. The highest BCUT2D eigenvalue weighted by Gasteiger charge is 2.46. The molecule has 0 atom stereocenters. The van der Waals surface area contributed by atoms with E-state index in [9.17, 15) is 4.79 Å². The van der Waals surface area contributed by atoms with E-state index in [0.29, 0.717) is 18.6 Å². The van der Waals surface area contributed by atoms with Gasteiger partial charge in [-0.15, -0.1) is 0 Å². The van der Waals surface area contributed by atoms with Crippen LogP contribution >= 0.6 is 18.5 Å². The molecule has 1 nitrogen and oxygen atoms in total. The van der Waals surface area contributed by atoms with Crippen LogP contribution in [0.1, 0.15) is 40.5 Å². The zero-order valence-electron chi connectivity index (χ0n) is 8.15. The van der Waals surface area contributed by atoms with Gasteiger partial charge in [0.05, 0.1) is 0 Å². The standard InChI is InChI=1S/C9H16ClOP/c1-8(2)5-7(11)6-9(3,4)12(8)10/h5-6H2,1-4H3. The number of carbonyl (C=O) groups is 1. The zero-order chi connectivity index (χ0) is 9.57. The molecule has 1 aliphatic heterocycles. The molecule has 1 heterocycles. The molecule has 0 aliphatic carbocycles. The van der Waals surface area contributed by atoms with Crippen LogP contribution < -0.4 is 0 Å². The molecule has 70 valence electrons. The van der Waals surface area contributed by atoms with Crippen molar-refractivity contribution in [3.05, 3.63) is 0 Å². The summed E-state index contributed by atoms with van der Waals surface area (Å²) in [5.41, 5.74) is 0. The number of ketones is 1. The average molecular weight is 207 g/mol. The Morgan fingerprint density at radius 1 is 1.17 bits per heavy atom. The van der Waals surface area contributed by atoms with E-state index in [1.54, 1.807) is 0 Å². The summed E-state index contributed by atoms with van der Waals surface area (Å²) >= 11 is 6.38. The highest BCUT2D eigenvalue weighted by Crippen LogP contribution is 2.68. The minimum atomic E-state index is -0.553. The first-order valence-corrected chi connectivity index (χ1v) is 6.48. The fourth-order valence-corrected chi connectivity index (χ4v) is 4.61. The number of halogens is 1. The quantitative estimate of drug-likeness (QED) is 0.554. The number of rotatable bonds is 0. The summed E-state index contributed by atoms with van der Waals surface area (Å²) in [6.07, 6.45) is 1.32. The molecular weight excluding hydrogens is 191 g/mol. The monoisotopic (exact) mass is 206 g/mol. The Bertz CT molecular complexity index is 191. The lowest BCUT2D eigenvalue weighted by atomic mass is 9.97. The number of hydrogen-bond donors (Lipinski definition) is 0. The van der Waals surface area contributed by atoms with Gasteiger partial charge in [0.15, 0.2) is 0 Å². The van der Waals surface area contributed by atoms with Gasteiger partial charge in [-0.25, -0.2) is 0 Å². The molecule has 0 saturated carbocycles. The maximum atomic E-state index is 11.4. The van der Waals surface area contributed by atoms with Crippen molar-refractivity contribution in [3.8, 4) is 0 Å². The Labute approximate surface area is 80.4 Å². The SMILES string of the molecule is CC1(C)CC(=O)CC(C)(C)P1Cl. The van der Waals surface area contributed by atoms with E-state index in [1.165, 1.54) is 0 Å². The van der Waals surface area contributed by atoms with E-state index in [1.807, 2.05) is 0 Å². The maximum absolute atomic E-state index is 11.4. The highest BCUT2D eigenvalue weighted by molar-refractivity contribution is 7.86. The van der Waals surface area contributed by atoms with E-state index in [2.05, 4.69) is 27.7 Å². The fraction of sp³-hybridized carbons (Fsp3) is 0.889. The van der Waals surface area contributed by atoms with Gasteiger partial charge >= 0.3 is 0 Å². The van der Waals surface area contributed by atoms with Crippen LogP contribution in [0.5, 0.6) is 0 Å². The molecule has 0 spiro atoms. The predicted octanol–water partition coefficient (Wildman–Crippen LogP) is 3.54. The number of carbonyl (C=O) groups excluding carboxylic acids is 1. The van der Waals surface area contributed by atoms with E-state index < -0.39 is 7.27 Å². The van der Waals surface area contributed by atoms with Gasteiger partial charge in [0.25, 0.3) is 0 Å². The minimum absolute atomic E-state index is 0.0235. The predicted molar refractivity (Wildman–Crippen MR) is 55.2 cm³/mol. The molecule has 12 heavy (non-hydrogen) atoms. The lowest BCUT2D eigenvalue weighted by Gasteiger charge is -2.44. The average Bonchev–Trinajstić information content (AvgIpc) is 1.80. The molecule has 0 bridgehead atoms. The Balaban J connectivity index is 2.91. The Morgan fingerprint density at radius 3 is 1.83 bits per heavy atom. The molecule has 0 radical (unpaired) electrons. The van der Waals surface area contributed by atoms with E-state index >= 15 is 0 Å². The van der Waals surface area contributed by atoms with Crippen LogP contribution in [0.15, 0.2) is 0 Å². The van der Waals surface area contributed by atoms with Gasteiger partial charge in [-0.05, 0) is 0 Å². The maximum Gasteiger partial charge on any atom is 0.134 e. The van der Waals surface area contributed by atoms with Crippen molar-refractivity contribution in [2.24, 2.45) is 0 Å². The third-order valence-electron chi connectivity index (χ3n) is 2.32. The van der Waals surface area contributed by atoms with E-state index in [0.717, 1.165) is 0 Å². The Kier molecular flexibility index (Phi) is 2.58. The van der Waals surface area contributed by atoms with Crippen molar-refractivity contribution in [2.45, 2.75) is 50.8 Å². The second-order valence-electron chi connectivity index (χ2n) is 4.80. The number of hydrogen-bond acceptors (Lipinski definition) is 1. The third-order valence-corrected chi connectivity index (χ3v) is 7.51. The minimum Gasteiger partial charge on any atom is -0.300 e. The lowest BCUT2D eigenvalue weighted by Crippen LogP contribution is -2.37. The largest absolute Gasteiger partial charge is 0.300 e. The normalized spacial score (nSPS) is 28.9. The summed E-state index contributed by atoms with van der Waals surface area (Å²) < 4.78 is 0. The molecule has 1 fully saturated rings. The fourth-order valence-electron chi connectivity index (χ4n) is 1.99. The molecule has 1 rings (SSSR count). The van der Waals surface area contributed by atoms with Crippen LogP contribution in [0.3, 0.4) is 0 Å². The van der Waals surface area contributed by atoms with E-state index in [4.69, 9.17) is 11.2 Å². The van der Waals surface area contributed by atoms with Gasteiger partial charge in [0.1, 0.15) is 5.78 Å². The molecule has 3 heteroatoms. The first-order chi connectivity index (χ1) is 5.26. The summed E-state index contributed by atoms with van der Waals surface area (Å²) in [5, 5.41) is 0.0471. The first-order valence-electron chi connectivity index (χ1n) is 4.23. The van der Waals surface area contributed by atoms with Gasteiger partial charge in [-0.1, -0.05) is 38.9 Å². The van der Waals surface area contributed by atoms with Crippen molar-refractivity contribution in [1.82, 2.24) is 0 Å². The van der Waals surface area contributed by atoms with Crippen molar-refractivity contribution in [1.29, 1.82) is 0 Å². The van der Waals surface area contributed by atoms with Crippen LogP contribution in [0.25, 0.3) is 0 Å². The molecular formula is C9H16ClOP. The molecule has 0 N–H and O–H groups in total. The topological polar surface area (TPSA) is 17.1 Å². The number of Topliss-reactive ketones (excluding diaryl/α,β-unsaturated/α-hetero) is 1. The van der Waals surface area contributed by atoms with Crippen molar-refractivity contribution in [3.63, 3.8) is 0 Å². The van der Waals surface area contributed by atoms with Crippen LogP contribution in [0, 0.1) is 0 Å². The first kappa shape index (κ1) is 10.5. The molecule has 0 aromatic carbocycles. The zero-order valence-corrected chi connectivity index (χ0v) is 9.80. The summed E-state index contributed by atoms with van der Waals surface area (Å²) in [4.78, 5) is 11.4. The van der Waals surface area contributed by atoms with Gasteiger partial charge in [0.2, 0.25) is 0 Å². The van der Waals surface area contributed by atoms with Gasteiger partial charge in [-0.3, -0.25) is 4.79 Å². The van der Waals surface area contributed by atoms with E-state index in [-0.39, 0.29) is 10.3 Å². The van der Waals surface area contributed by atoms with Crippen molar-refractivity contribution < 1.29 is 4.79 Å². The lowest BCUT2D eigenvalue weighted by molar-refractivity contribution is -0.120. The Hall–Kier alpha value is 0.390. The molecule has 1 saturated heterocycles. The van der Waals surface area contributed by atoms with Crippen LogP contribution in [-0.4, -0.2) is 16.1 Å². The molecule has 1 aliphatic rings. The van der Waals surface area contributed by atoms with Gasteiger partial charge < -0.3 is 0 Å². The molecule has 0 aromatic rings. The van der Waals surface area contributed by atoms with Crippen LogP contribution in [0.2, 0.25) is 0 Å². The highest BCUT2D eigenvalue weighted by atomic mass is 35.7. The summed E-state index contributed by atoms with van der Waals surface area (Å²) in [6, 6.07) is 0. The molecule has 0 amide bonds. The molecule has 0 unspecified atom stereocenters. The summed E-state index contributed by atoms with van der Waals surface area (Å²) in [6.45, 7) is 8.41. The van der Waals surface area contributed by atoms with Crippen molar-refractivity contribution in [2.75, 3.05) is 0 Å². The smallest absolute Gasteiger partial charge is 0.134 e.